The van der Waals surface area contributed by atoms with Gasteiger partial charge in [0.15, 0.2) is 11.5 Å². The molecular weight excluding hydrogens is 210 g/mol. The first-order valence-electron chi connectivity index (χ1n) is 4.94. The van der Waals surface area contributed by atoms with E-state index in [0.717, 1.165) is 0 Å². The van der Waals surface area contributed by atoms with Crippen LogP contribution in [-0.2, 0) is 0 Å². The first-order chi connectivity index (χ1) is 7.92. The predicted molar refractivity (Wildman–Crippen MR) is 56.9 cm³/mol. The van der Waals surface area contributed by atoms with Crippen molar-refractivity contribution < 1.29 is 14.2 Å². The van der Waals surface area contributed by atoms with Crippen LogP contribution in [0.4, 0.5) is 0 Å². The van der Waals surface area contributed by atoms with E-state index in [-0.39, 0.29) is 0 Å². The van der Waals surface area contributed by atoms with Gasteiger partial charge in [-0.05, 0) is 17.7 Å². The van der Waals surface area contributed by atoms with Crippen molar-refractivity contribution in [3.63, 3.8) is 0 Å². The van der Waals surface area contributed by atoms with Crippen molar-refractivity contribution in [2.45, 2.75) is 0 Å². The molecule has 1 aliphatic rings. The van der Waals surface area contributed by atoms with Gasteiger partial charge < -0.3 is 14.2 Å². The molecule has 0 saturated carbocycles. The molecule has 0 aromatic heterocycles. The van der Waals surface area contributed by atoms with E-state index in [9.17, 15) is 0 Å². The van der Waals surface area contributed by atoms with Crippen molar-refractivity contribution in [3.8, 4) is 17.2 Å². The van der Waals surface area contributed by atoms with Crippen LogP contribution in [0.1, 0.15) is 0 Å². The zero-order chi connectivity index (χ0) is 11.2. The van der Waals surface area contributed by atoms with E-state index >= 15 is 0 Å². The summed E-state index contributed by atoms with van der Waals surface area (Å²) in [6.07, 6.45) is 0. The molecule has 84 valence electrons. The fourth-order valence-corrected chi connectivity index (χ4v) is 1.40. The maximum Gasteiger partial charge on any atom is 0.203 e. The smallest absolute Gasteiger partial charge is 0.203 e. The van der Waals surface area contributed by atoms with Crippen molar-refractivity contribution >= 4 is 0 Å². The first kappa shape index (κ1) is 10.4. The number of benzene rings is 1. The van der Waals surface area contributed by atoms with Crippen molar-refractivity contribution in [1.82, 2.24) is 0 Å². The van der Waals surface area contributed by atoms with Gasteiger partial charge in [-0.25, -0.2) is 0 Å². The Morgan fingerprint density at radius 3 is 3.12 bits per heavy atom. The minimum atomic E-state index is 0.293. The molecular formula is C10H11N3O3. The van der Waals surface area contributed by atoms with E-state index in [4.69, 9.17) is 19.7 Å². The van der Waals surface area contributed by atoms with Gasteiger partial charge in [-0.15, -0.1) is 0 Å². The minimum Gasteiger partial charge on any atom is -0.489 e. The highest BCUT2D eigenvalue weighted by Gasteiger charge is 2.16. The molecule has 6 heteroatoms. The highest BCUT2D eigenvalue weighted by Crippen LogP contribution is 2.38. The molecule has 16 heavy (non-hydrogen) atoms. The Hall–Kier alpha value is -2.07. The van der Waals surface area contributed by atoms with E-state index in [1.54, 1.807) is 6.07 Å². The third kappa shape index (κ3) is 2.29. The van der Waals surface area contributed by atoms with Crippen molar-refractivity contribution in [1.29, 1.82) is 0 Å². The zero-order valence-corrected chi connectivity index (χ0v) is 8.63. The fourth-order valence-electron chi connectivity index (χ4n) is 1.40. The summed E-state index contributed by atoms with van der Waals surface area (Å²) in [5.41, 5.74) is 8.11. The zero-order valence-electron chi connectivity index (χ0n) is 8.63. The molecule has 0 atom stereocenters. The summed E-state index contributed by atoms with van der Waals surface area (Å²) in [6.45, 7) is 1.68. The van der Waals surface area contributed by atoms with Crippen LogP contribution in [0.25, 0.3) is 10.4 Å². The van der Waals surface area contributed by atoms with Crippen LogP contribution in [0.5, 0.6) is 17.2 Å². The number of azide groups is 1. The van der Waals surface area contributed by atoms with Crippen LogP contribution >= 0.6 is 0 Å². The van der Waals surface area contributed by atoms with Crippen molar-refractivity contribution in [3.05, 3.63) is 28.6 Å². The predicted octanol–water partition coefficient (Wildman–Crippen LogP) is 2.15. The van der Waals surface area contributed by atoms with Crippen LogP contribution in [0, 0.1) is 0 Å². The molecule has 6 nitrogen and oxygen atoms in total. The molecule has 1 aromatic rings. The molecule has 0 N–H and O–H groups in total. The molecule has 1 aromatic carbocycles. The Balaban J connectivity index is 2.05. The Morgan fingerprint density at radius 2 is 2.25 bits per heavy atom. The molecule has 1 heterocycles. The third-order valence-electron chi connectivity index (χ3n) is 2.04. The lowest BCUT2D eigenvalue weighted by atomic mass is 10.3. The van der Waals surface area contributed by atoms with E-state index in [2.05, 4.69) is 10.0 Å². The van der Waals surface area contributed by atoms with Gasteiger partial charge in [0.1, 0.15) is 13.2 Å². The summed E-state index contributed by atoms with van der Waals surface area (Å²) in [5, 5.41) is 3.38. The highest BCUT2D eigenvalue weighted by atomic mass is 16.6. The van der Waals surface area contributed by atoms with Crippen molar-refractivity contribution in [2.75, 3.05) is 26.4 Å². The average Bonchev–Trinajstić information content (AvgIpc) is 2.35. The second kappa shape index (κ2) is 5.14. The van der Waals surface area contributed by atoms with E-state index in [1.807, 2.05) is 12.1 Å². The molecule has 0 bridgehead atoms. The number of fused-ring (bicyclic) bond motifs is 1. The topological polar surface area (TPSA) is 76.5 Å². The van der Waals surface area contributed by atoms with Gasteiger partial charge in [0.25, 0.3) is 0 Å². The van der Waals surface area contributed by atoms with Gasteiger partial charge in [-0.3, -0.25) is 0 Å². The maximum atomic E-state index is 8.11. The summed E-state index contributed by atoms with van der Waals surface area (Å²) in [6, 6.07) is 5.45. The second-order valence-electron chi connectivity index (χ2n) is 3.08. The maximum absolute atomic E-state index is 8.11. The summed E-state index contributed by atoms with van der Waals surface area (Å²) in [4.78, 5) is 2.64. The molecule has 0 aliphatic carbocycles. The van der Waals surface area contributed by atoms with E-state index in [1.165, 1.54) is 0 Å². The number of para-hydroxylation sites is 1. The number of nitrogens with zero attached hydrogens (tertiary/aromatic N) is 3. The van der Waals surface area contributed by atoms with E-state index in [0.29, 0.717) is 43.6 Å². The quantitative estimate of drug-likeness (QED) is 0.338. The molecule has 0 amide bonds. The summed E-state index contributed by atoms with van der Waals surface area (Å²) in [5.74, 6) is 1.92. The lowest BCUT2D eigenvalue weighted by Crippen LogP contribution is -2.16. The Labute approximate surface area is 92.4 Å². The average molecular weight is 221 g/mol. The molecule has 0 spiro atoms. The third-order valence-corrected chi connectivity index (χ3v) is 2.04. The Kier molecular flexibility index (Phi) is 3.35. The second-order valence-corrected chi connectivity index (χ2v) is 3.08. The lowest BCUT2D eigenvalue weighted by molar-refractivity contribution is 0.162. The van der Waals surface area contributed by atoms with Crippen LogP contribution in [0.2, 0.25) is 0 Å². The first-order valence-corrected chi connectivity index (χ1v) is 4.94. The van der Waals surface area contributed by atoms with Crippen LogP contribution in [-0.4, -0.2) is 26.4 Å². The van der Waals surface area contributed by atoms with Gasteiger partial charge in [-0.2, -0.15) is 0 Å². The summed E-state index contributed by atoms with van der Waals surface area (Å²) in [7, 11) is 0. The molecule has 0 fully saturated rings. The summed E-state index contributed by atoms with van der Waals surface area (Å²) >= 11 is 0. The normalized spacial score (nSPS) is 12.8. The lowest BCUT2D eigenvalue weighted by Gasteiger charge is -2.20. The molecule has 0 radical (unpaired) electrons. The standard InChI is InChI=1S/C10H11N3O3/c11-13-12-4-5-14-8-2-1-3-9-10(8)16-7-6-15-9/h1-3H,4-7H2. The van der Waals surface area contributed by atoms with Gasteiger partial charge >= 0.3 is 0 Å². The van der Waals surface area contributed by atoms with Crippen LogP contribution < -0.4 is 14.2 Å². The monoisotopic (exact) mass is 221 g/mol. The van der Waals surface area contributed by atoms with Gasteiger partial charge in [0.05, 0.1) is 13.2 Å². The number of hydrogen-bond donors (Lipinski definition) is 0. The van der Waals surface area contributed by atoms with Gasteiger partial charge in [0.2, 0.25) is 5.75 Å². The highest BCUT2D eigenvalue weighted by molar-refractivity contribution is 5.51. The minimum absolute atomic E-state index is 0.293. The molecule has 1 aliphatic heterocycles. The Bertz CT molecular complexity index is 416. The number of hydrogen-bond acceptors (Lipinski definition) is 4. The van der Waals surface area contributed by atoms with E-state index < -0.39 is 0 Å². The van der Waals surface area contributed by atoms with Crippen LogP contribution in [0.3, 0.4) is 0 Å². The van der Waals surface area contributed by atoms with Crippen LogP contribution in [0.15, 0.2) is 23.3 Å². The number of rotatable bonds is 4. The molecule has 0 saturated heterocycles. The molecule has 2 rings (SSSR count). The molecule has 0 unspecified atom stereocenters. The van der Waals surface area contributed by atoms with Gasteiger partial charge in [-0.1, -0.05) is 11.2 Å². The van der Waals surface area contributed by atoms with Gasteiger partial charge in [0, 0.05) is 4.91 Å². The largest absolute Gasteiger partial charge is 0.489 e. The fraction of sp³-hybridized carbons (Fsp3) is 0.400. The summed E-state index contributed by atoms with van der Waals surface area (Å²) < 4.78 is 16.3. The SMILES string of the molecule is [N-]=[N+]=NCCOc1cccc2c1OCCO2. The number of ether oxygens (including phenoxy) is 3. The van der Waals surface area contributed by atoms with Crippen molar-refractivity contribution in [2.24, 2.45) is 5.11 Å². The Morgan fingerprint density at radius 1 is 1.38 bits per heavy atom.